The molecule has 4 nitrogen and oxygen atoms in total. The highest BCUT2D eigenvalue weighted by Gasteiger charge is 2.01. The fourth-order valence-corrected chi connectivity index (χ4v) is 2.39. The van der Waals surface area contributed by atoms with Crippen LogP contribution in [0.4, 0.5) is 0 Å². The maximum atomic E-state index is 4.37. The Labute approximate surface area is 115 Å². The molecule has 3 aromatic rings. The van der Waals surface area contributed by atoms with Gasteiger partial charge in [-0.3, -0.25) is 0 Å². The van der Waals surface area contributed by atoms with Gasteiger partial charge in [-0.15, -0.1) is 11.3 Å². The van der Waals surface area contributed by atoms with Gasteiger partial charge in [0.05, 0.1) is 23.1 Å². The van der Waals surface area contributed by atoms with Crippen molar-refractivity contribution in [3.63, 3.8) is 0 Å². The summed E-state index contributed by atoms with van der Waals surface area (Å²) in [4.78, 5) is 4.24. The lowest BCUT2D eigenvalue weighted by molar-refractivity contribution is 0.682. The zero-order valence-electron chi connectivity index (χ0n) is 10.4. The minimum Gasteiger partial charge on any atom is -0.307 e. The van der Waals surface area contributed by atoms with Crippen LogP contribution >= 0.6 is 11.3 Å². The van der Waals surface area contributed by atoms with Gasteiger partial charge in [0.1, 0.15) is 0 Å². The lowest BCUT2D eigenvalue weighted by Gasteiger charge is -2.00. The van der Waals surface area contributed by atoms with Gasteiger partial charge in [0.15, 0.2) is 0 Å². The van der Waals surface area contributed by atoms with Gasteiger partial charge >= 0.3 is 0 Å². The van der Waals surface area contributed by atoms with Crippen molar-refractivity contribution in [3.05, 3.63) is 64.9 Å². The number of nitrogens with zero attached hydrogens (tertiary/aromatic N) is 3. The molecule has 0 saturated heterocycles. The van der Waals surface area contributed by atoms with Crippen LogP contribution in [0.15, 0.2) is 53.6 Å². The first-order valence-corrected chi connectivity index (χ1v) is 7.03. The van der Waals surface area contributed by atoms with Crippen molar-refractivity contribution in [3.8, 4) is 5.69 Å². The quantitative estimate of drug-likeness (QED) is 0.775. The highest BCUT2D eigenvalue weighted by molar-refractivity contribution is 7.07. The Hall–Kier alpha value is -1.98. The van der Waals surface area contributed by atoms with Crippen molar-refractivity contribution in [2.24, 2.45) is 0 Å². The Morgan fingerprint density at radius 2 is 2.05 bits per heavy atom. The fourth-order valence-electron chi connectivity index (χ4n) is 1.83. The number of hydrogen-bond donors (Lipinski definition) is 1. The van der Waals surface area contributed by atoms with Crippen molar-refractivity contribution in [1.82, 2.24) is 20.1 Å². The van der Waals surface area contributed by atoms with E-state index in [-0.39, 0.29) is 0 Å². The molecule has 0 radical (unpaired) electrons. The van der Waals surface area contributed by atoms with Gasteiger partial charge in [0.25, 0.3) is 0 Å². The third kappa shape index (κ3) is 3.07. The molecule has 0 bridgehead atoms. The molecule has 0 aliphatic heterocycles. The molecule has 0 spiro atoms. The van der Waals surface area contributed by atoms with Crippen LogP contribution in [0.25, 0.3) is 5.69 Å². The predicted octanol–water partition coefficient (Wildman–Crippen LogP) is 2.62. The van der Waals surface area contributed by atoms with Crippen LogP contribution in [0.5, 0.6) is 0 Å². The summed E-state index contributed by atoms with van der Waals surface area (Å²) >= 11 is 1.62. The Kier molecular flexibility index (Phi) is 3.67. The third-order valence-corrected chi connectivity index (χ3v) is 3.41. The Morgan fingerprint density at radius 1 is 1.16 bits per heavy atom. The van der Waals surface area contributed by atoms with E-state index in [0.717, 1.165) is 24.5 Å². The summed E-state index contributed by atoms with van der Waals surface area (Å²) in [6, 6.07) is 10.1. The summed E-state index contributed by atoms with van der Waals surface area (Å²) in [6.45, 7) is 1.59. The van der Waals surface area contributed by atoms with Gasteiger partial charge in [-0.05, 0) is 12.1 Å². The van der Waals surface area contributed by atoms with E-state index in [0.29, 0.717) is 0 Å². The number of thiazole rings is 1. The van der Waals surface area contributed by atoms with E-state index < -0.39 is 0 Å². The monoisotopic (exact) mass is 270 g/mol. The molecule has 0 amide bonds. The van der Waals surface area contributed by atoms with Gasteiger partial charge < -0.3 is 5.32 Å². The fraction of sp³-hybridized carbons (Fsp3) is 0.143. The standard InChI is InChI=1S/C14H14N4S/c1-2-4-14(5-3-1)18-9-12(7-17-18)6-15-8-13-10-19-11-16-13/h1-5,7,9-11,15H,6,8H2. The van der Waals surface area contributed by atoms with E-state index in [1.54, 1.807) is 11.3 Å². The third-order valence-electron chi connectivity index (χ3n) is 2.78. The van der Waals surface area contributed by atoms with E-state index in [4.69, 9.17) is 0 Å². The molecular weight excluding hydrogens is 256 g/mol. The van der Waals surface area contributed by atoms with E-state index in [2.05, 4.69) is 20.8 Å². The van der Waals surface area contributed by atoms with E-state index in [9.17, 15) is 0 Å². The maximum absolute atomic E-state index is 4.37. The molecule has 0 aliphatic carbocycles. The molecule has 0 fully saturated rings. The summed E-state index contributed by atoms with van der Waals surface area (Å²) in [7, 11) is 0. The van der Waals surface area contributed by atoms with E-state index in [1.807, 2.05) is 52.9 Å². The minimum atomic E-state index is 0.792. The van der Waals surface area contributed by atoms with Crippen LogP contribution in [0.3, 0.4) is 0 Å². The first-order chi connectivity index (χ1) is 9.42. The number of nitrogens with one attached hydrogen (secondary N) is 1. The van der Waals surface area contributed by atoms with Crippen molar-refractivity contribution >= 4 is 11.3 Å². The zero-order valence-corrected chi connectivity index (χ0v) is 11.2. The molecule has 1 aromatic carbocycles. The molecule has 0 saturated carbocycles. The van der Waals surface area contributed by atoms with Gasteiger partial charge in [-0.2, -0.15) is 5.10 Å². The topological polar surface area (TPSA) is 42.7 Å². The van der Waals surface area contributed by atoms with Crippen LogP contribution in [-0.2, 0) is 13.1 Å². The molecule has 19 heavy (non-hydrogen) atoms. The molecular formula is C14H14N4S. The highest BCUT2D eigenvalue weighted by Crippen LogP contribution is 2.07. The smallest absolute Gasteiger partial charge is 0.0795 e. The van der Waals surface area contributed by atoms with Crippen molar-refractivity contribution in [1.29, 1.82) is 0 Å². The lowest BCUT2D eigenvalue weighted by atomic mass is 10.3. The first kappa shape index (κ1) is 12.1. The predicted molar refractivity (Wildman–Crippen MR) is 76.2 cm³/mol. The van der Waals surface area contributed by atoms with Crippen molar-refractivity contribution in [2.75, 3.05) is 0 Å². The zero-order chi connectivity index (χ0) is 12.9. The van der Waals surface area contributed by atoms with Crippen LogP contribution in [0.2, 0.25) is 0 Å². The van der Waals surface area contributed by atoms with Crippen LogP contribution in [0.1, 0.15) is 11.3 Å². The van der Waals surface area contributed by atoms with E-state index >= 15 is 0 Å². The maximum Gasteiger partial charge on any atom is 0.0795 e. The molecule has 1 N–H and O–H groups in total. The van der Waals surface area contributed by atoms with Crippen LogP contribution in [-0.4, -0.2) is 14.8 Å². The lowest BCUT2D eigenvalue weighted by Crippen LogP contribution is -2.12. The summed E-state index contributed by atoms with van der Waals surface area (Å²) in [5.41, 5.74) is 5.18. The van der Waals surface area contributed by atoms with E-state index in [1.165, 1.54) is 5.56 Å². The molecule has 96 valence electrons. The van der Waals surface area contributed by atoms with Crippen LogP contribution < -0.4 is 5.32 Å². The second kappa shape index (κ2) is 5.77. The normalized spacial score (nSPS) is 10.7. The second-order valence-electron chi connectivity index (χ2n) is 4.21. The van der Waals surface area contributed by atoms with Gasteiger partial charge in [0.2, 0.25) is 0 Å². The average Bonchev–Trinajstić information content (AvgIpc) is 3.11. The molecule has 0 unspecified atom stereocenters. The Balaban J connectivity index is 1.59. The number of hydrogen-bond acceptors (Lipinski definition) is 4. The Bertz CT molecular complexity index is 616. The summed E-state index contributed by atoms with van der Waals surface area (Å²) in [6.07, 6.45) is 3.93. The summed E-state index contributed by atoms with van der Waals surface area (Å²) in [5.74, 6) is 0. The minimum absolute atomic E-state index is 0.792. The van der Waals surface area contributed by atoms with Crippen molar-refractivity contribution in [2.45, 2.75) is 13.1 Å². The van der Waals surface area contributed by atoms with Crippen molar-refractivity contribution < 1.29 is 0 Å². The molecule has 3 rings (SSSR count). The van der Waals surface area contributed by atoms with Gasteiger partial charge in [0, 0.05) is 30.2 Å². The molecule has 2 aromatic heterocycles. The first-order valence-electron chi connectivity index (χ1n) is 6.08. The largest absolute Gasteiger partial charge is 0.307 e. The SMILES string of the molecule is c1ccc(-n2cc(CNCc3cscn3)cn2)cc1. The van der Waals surface area contributed by atoms with Gasteiger partial charge in [-0.25, -0.2) is 9.67 Å². The van der Waals surface area contributed by atoms with Gasteiger partial charge in [-0.1, -0.05) is 18.2 Å². The molecule has 2 heterocycles. The number of aromatic nitrogens is 3. The average molecular weight is 270 g/mol. The molecule has 0 atom stereocenters. The second-order valence-corrected chi connectivity index (χ2v) is 4.93. The molecule has 0 aliphatic rings. The Morgan fingerprint density at radius 3 is 2.84 bits per heavy atom. The number of para-hydroxylation sites is 1. The number of benzene rings is 1. The summed E-state index contributed by atoms with van der Waals surface area (Å²) < 4.78 is 1.89. The molecule has 5 heteroatoms. The number of rotatable bonds is 5. The highest BCUT2D eigenvalue weighted by atomic mass is 32.1. The summed E-state index contributed by atoms with van der Waals surface area (Å²) in [5, 5.41) is 9.78. The van der Waals surface area contributed by atoms with Crippen LogP contribution in [0, 0.1) is 0 Å².